The zero-order valence-corrected chi connectivity index (χ0v) is 11.0. The molecule has 1 aromatic heterocycles. The minimum absolute atomic E-state index is 0.0965. The molecule has 0 aliphatic heterocycles. The molecule has 7 heteroatoms. The van der Waals surface area contributed by atoms with Crippen molar-refractivity contribution in [2.75, 3.05) is 0 Å². The molecule has 6 nitrogen and oxygen atoms in total. The zero-order valence-electron chi connectivity index (χ0n) is 9.41. The van der Waals surface area contributed by atoms with Crippen molar-refractivity contribution in [3.8, 4) is 17.7 Å². The lowest BCUT2D eigenvalue weighted by Gasteiger charge is -2.05. The van der Waals surface area contributed by atoms with Gasteiger partial charge in [-0.3, -0.25) is 10.1 Å². The molecule has 0 N–H and O–H groups in total. The van der Waals surface area contributed by atoms with Gasteiger partial charge in [0, 0.05) is 16.6 Å². The molecule has 19 heavy (non-hydrogen) atoms. The topological polar surface area (TPSA) is 89.0 Å². The monoisotopic (exact) mass is 319 g/mol. The van der Waals surface area contributed by atoms with E-state index >= 15 is 0 Å². The number of non-ortho nitro benzene ring substituents is 1. The van der Waals surface area contributed by atoms with Crippen LogP contribution >= 0.6 is 15.9 Å². The summed E-state index contributed by atoms with van der Waals surface area (Å²) in [5.41, 5.74) is 0.114. The summed E-state index contributed by atoms with van der Waals surface area (Å²) in [6.45, 7) is 0. The van der Waals surface area contributed by atoms with Crippen LogP contribution in [0.15, 0.2) is 40.9 Å². The number of hydrogen-bond donors (Lipinski definition) is 0. The third-order valence-corrected chi connectivity index (χ3v) is 2.59. The summed E-state index contributed by atoms with van der Waals surface area (Å²) in [6.07, 6.45) is 0. The van der Waals surface area contributed by atoms with Gasteiger partial charge in [0.1, 0.15) is 17.5 Å². The number of benzene rings is 1. The van der Waals surface area contributed by atoms with Crippen LogP contribution in [0.5, 0.6) is 11.6 Å². The van der Waals surface area contributed by atoms with E-state index in [0.29, 0.717) is 4.47 Å². The van der Waals surface area contributed by atoms with Gasteiger partial charge in [-0.1, -0.05) is 22.0 Å². The molecular formula is C12H6BrN3O3. The van der Waals surface area contributed by atoms with E-state index in [1.165, 1.54) is 18.2 Å². The summed E-state index contributed by atoms with van der Waals surface area (Å²) in [6, 6.07) is 10.8. The van der Waals surface area contributed by atoms with Gasteiger partial charge in [-0.25, -0.2) is 4.98 Å². The van der Waals surface area contributed by atoms with Gasteiger partial charge in [0.2, 0.25) is 5.88 Å². The van der Waals surface area contributed by atoms with Crippen molar-refractivity contribution in [1.29, 1.82) is 5.26 Å². The number of nitrogens with zero attached hydrogens (tertiary/aromatic N) is 3. The Hall–Kier alpha value is -2.46. The van der Waals surface area contributed by atoms with Crippen molar-refractivity contribution < 1.29 is 9.66 Å². The van der Waals surface area contributed by atoms with E-state index in [2.05, 4.69) is 20.9 Å². The lowest BCUT2D eigenvalue weighted by atomic mass is 10.3. The van der Waals surface area contributed by atoms with Gasteiger partial charge in [-0.05, 0) is 12.1 Å². The Balaban J connectivity index is 2.33. The Morgan fingerprint density at radius 1 is 1.37 bits per heavy atom. The van der Waals surface area contributed by atoms with Gasteiger partial charge in [0.15, 0.2) is 0 Å². The lowest BCUT2D eigenvalue weighted by molar-refractivity contribution is -0.385. The molecule has 0 saturated heterocycles. The summed E-state index contributed by atoms with van der Waals surface area (Å²) < 4.78 is 5.92. The SMILES string of the molecule is N#Cc1cccc(Oc2cc(Br)cc([N+](=O)[O-])c2)n1. The molecule has 0 fully saturated rings. The van der Waals surface area contributed by atoms with Gasteiger partial charge in [-0.15, -0.1) is 0 Å². The van der Waals surface area contributed by atoms with Crippen molar-refractivity contribution in [2.24, 2.45) is 0 Å². The summed E-state index contributed by atoms with van der Waals surface area (Å²) in [7, 11) is 0. The first-order valence-electron chi connectivity index (χ1n) is 5.08. The third kappa shape index (κ3) is 3.26. The molecule has 0 radical (unpaired) electrons. The number of pyridine rings is 1. The summed E-state index contributed by atoms with van der Waals surface area (Å²) in [4.78, 5) is 14.1. The molecule has 0 saturated carbocycles. The first-order valence-corrected chi connectivity index (χ1v) is 5.88. The highest BCUT2D eigenvalue weighted by molar-refractivity contribution is 9.10. The van der Waals surface area contributed by atoms with E-state index in [0.717, 1.165) is 0 Å². The van der Waals surface area contributed by atoms with Crippen molar-refractivity contribution in [2.45, 2.75) is 0 Å². The van der Waals surface area contributed by atoms with Crippen LogP contribution in [-0.2, 0) is 0 Å². The average Bonchev–Trinajstić information content (AvgIpc) is 2.38. The zero-order chi connectivity index (χ0) is 13.8. The normalized spacial score (nSPS) is 9.68. The van der Waals surface area contributed by atoms with Crippen LogP contribution < -0.4 is 4.74 Å². The Kier molecular flexibility index (Phi) is 3.73. The van der Waals surface area contributed by atoms with Crippen LogP contribution in [-0.4, -0.2) is 9.91 Å². The highest BCUT2D eigenvalue weighted by atomic mass is 79.9. The molecular weight excluding hydrogens is 314 g/mol. The fourth-order valence-electron chi connectivity index (χ4n) is 1.37. The quantitative estimate of drug-likeness (QED) is 0.638. The number of nitro benzene ring substituents is 1. The van der Waals surface area contributed by atoms with E-state index in [9.17, 15) is 10.1 Å². The van der Waals surface area contributed by atoms with Gasteiger partial charge < -0.3 is 4.74 Å². The number of hydrogen-bond acceptors (Lipinski definition) is 5. The fourth-order valence-corrected chi connectivity index (χ4v) is 1.83. The van der Waals surface area contributed by atoms with E-state index in [1.807, 2.05) is 6.07 Å². The van der Waals surface area contributed by atoms with Crippen LogP contribution in [0.1, 0.15) is 5.69 Å². The lowest BCUT2D eigenvalue weighted by Crippen LogP contribution is -1.92. The van der Waals surface area contributed by atoms with Crippen molar-refractivity contribution in [3.63, 3.8) is 0 Å². The second-order valence-corrected chi connectivity index (χ2v) is 4.39. The predicted octanol–water partition coefficient (Wildman–Crippen LogP) is 3.42. The number of nitro groups is 1. The summed E-state index contributed by atoms with van der Waals surface area (Å²) in [5.74, 6) is 0.468. The summed E-state index contributed by atoms with van der Waals surface area (Å²) in [5, 5.41) is 19.5. The summed E-state index contributed by atoms with van der Waals surface area (Å²) >= 11 is 3.17. The second-order valence-electron chi connectivity index (χ2n) is 3.48. The molecule has 0 unspecified atom stereocenters. The Labute approximate surface area is 116 Å². The van der Waals surface area contributed by atoms with Gasteiger partial charge in [0.05, 0.1) is 11.0 Å². The third-order valence-electron chi connectivity index (χ3n) is 2.13. The second kappa shape index (κ2) is 5.46. The van der Waals surface area contributed by atoms with Gasteiger partial charge in [0.25, 0.3) is 5.69 Å². The average molecular weight is 320 g/mol. The van der Waals surface area contributed by atoms with E-state index < -0.39 is 4.92 Å². The minimum atomic E-state index is -0.517. The van der Waals surface area contributed by atoms with Gasteiger partial charge >= 0.3 is 0 Å². The largest absolute Gasteiger partial charge is 0.439 e. The van der Waals surface area contributed by atoms with Crippen molar-refractivity contribution in [1.82, 2.24) is 4.98 Å². The highest BCUT2D eigenvalue weighted by Gasteiger charge is 2.10. The molecule has 0 amide bonds. The fraction of sp³-hybridized carbons (Fsp3) is 0. The van der Waals surface area contributed by atoms with E-state index in [-0.39, 0.29) is 23.0 Å². The highest BCUT2D eigenvalue weighted by Crippen LogP contribution is 2.28. The Bertz CT molecular complexity index is 682. The maximum atomic E-state index is 10.7. The van der Waals surface area contributed by atoms with Crippen LogP contribution in [0.25, 0.3) is 0 Å². The van der Waals surface area contributed by atoms with E-state index in [1.54, 1.807) is 18.2 Å². The van der Waals surface area contributed by atoms with Crippen molar-refractivity contribution in [3.05, 3.63) is 56.7 Å². The molecule has 0 aliphatic carbocycles. The Morgan fingerprint density at radius 2 is 2.16 bits per heavy atom. The Morgan fingerprint density at radius 3 is 2.84 bits per heavy atom. The predicted molar refractivity (Wildman–Crippen MR) is 69.8 cm³/mol. The molecule has 1 heterocycles. The molecule has 2 aromatic rings. The number of ether oxygens (including phenoxy) is 1. The van der Waals surface area contributed by atoms with Crippen LogP contribution in [0.3, 0.4) is 0 Å². The smallest absolute Gasteiger partial charge is 0.274 e. The number of halogens is 1. The van der Waals surface area contributed by atoms with Crippen LogP contribution in [0.2, 0.25) is 0 Å². The molecule has 94 valence electrons. The standard InChI is InChI=1S/C12H6BrN3O3/c13-8-4-10(16(17)18)6-11(5-8)19-12-3-1-2-9(7-14)15-12/h1-6H. The number of rotatable bonds is 3. The number of nitriles is 1. The molecule has 1 aromatic carbocycles. The first kappa shape index (κ1) is 13.0. The molecule has 0 aliphatic rings. The molecule has 0 bridgehead atoms. The number of aromatic nitrogens is 1. The van der Waals surface area contributed by atoms with E-state index in [4.69, 9.17) is 10.00 Å². The van der Waals surface area contributed by atoms with Gasteiger partial charge in [-0.2, -0.15) is 5.26 Å². The van der Waals surface area contributed by atoms with Crippen molar-refractivity contribution >= 4 is 21.6 Å². The first-order chi connectivity index (χ1) is 9.08. The molecule has 2 rings (SSSR count). The maximum Gasteiger partial charge on any atom is 0.274 e. The van der Waals surface area contributed by atoms with Crippen LogP contribution in [0.4, 0.5) is 5.69 Å². The molecule has 0 atom stereocenters. The van der Waals surface area contributed by atoms with Crippen LogP contribution in [0, 0.1) is 21.4 Å². The minimum Gasteiger partial charge on any atom is -0.439 e. The molecule has 0 spiro atoms. The maximum absolute atomic E-state index is 10.7.